The third kappa shape index (κ3) is 2.86. The minimum atomic E-state index is 0.662. The lowest BCUT2D eigenvalue weighted by Crippen LogP contribution is -2.13. The van der Waals surface area contributed by atoms with Crippen LogP contribution in [0.25, 0.3) is 0 Å². The Morgan fingerprint density at radius 2 is 2.27 bits per heavy atom. The van der Waals surface area contributed by atoms with Gasteiger partial charge >= 0.3 is 0 Å². The average Bonchev–Trinajstić information content (AvgIpc) is 2.47. The molecule has 15 heavy (non-hydrogen) atoms. The summed E-state index contributed by atoms with van der Waals surface area (Å²) < 4.78 is 6.89. The Hall–Kier alpha value is -1.23. The second kappa shape index (κ2) is 5.60. The molecule has 1 heterocycles. The highest BCUT2D eigenvalue weighted by atomic mass is 16.5. The molecule has 0 aliphatic heterocycles. The molecular formula is C10H20N4O. The van der Waals surface area contributed by atoms with Gasteiger partial charge in [-0.25, -0.2) is 4.68 Å². The molecule has 1 rings (SSSR count). The molecule has 0 spiro atoms. The van der Waals surface area contributed by atoms with Crippen molar-refractivity contribution >= 4 is 11.5 Å². The van der Waals surface area contributed by atoms with Gasteiger partial charge in [0.1, 0.15) is 5.82 Å². The maximum atomic E-state index is 5.93. The monoisotopic (exact) mass is 212 g/mol. The summed E-state index contributed by atoms with van der Waals surface area (Å²) in [7, 11) is 1.68. The number of hydrogen-bond donors (Lipinski definition) is 2. The van der Waals surface area contributed by atoms with E-state index in [2.05, 4.69) is 17.3 Å². The van der Waals surface area contributed by atoms with Gasteiger partial charge in [0.25, 0.3) is 0 Å². The van der Waals surface area contributed by atoms with Crippen molar-refractivity contribution < 1.29 is 4.74 Å². The number of nitrogens with two attached hydrogens (primary N) is 1. The first-order chi connectivity index (χ1) is 7.20. The van der Waals surface area contributed by atoms with Crippen LogP contribution in [0.5, 0.6) is 0 Å². The summed E-state index contributed by atoms with van der Waals surface area (Å²) in [6.45, 7) is 6.33. The highest BCUT2D eigenvalue weighted by Crippen LogP contribution is 2.21. The third-order valence-electron chi connectivity index (χ3n) is 2.21. The number of hydrogen-bond acceptors (Lipinski definition) is 4. The van der Waals surface area contributed by atoms with Crippen molar-refractivity contribution in [1.29, 1.82) is 0 Å². The van der Waals surface area contributed by atoms with Crippen molar-refractivity contribution in [1.82, 2.24) is 9.78 Å². The van der Waals surface area contributed by atoms with Crippen LogP contribution in [0.1, 0.15) is 19.0 Å². The van der Waals surface area contributed by atoms with Gasteiger partial charge in [0.2, 0.25) is 0 Å². The number of nitrogens with zero attached hydrogens (tertiary/aromatic N) is 2. The van der Waals surface area contributed by atoms with Crippen molar-refractivity contribution in [2.75, 3.05) is 31.3 Å². The summed E-state index contributed by atoms with van der Waals surface area (Å²) in [5.74, 6) is 0.909. The number of methoxy groups -OCH3 is 1. The fraction of sp³-hybridized carbons (Fsp3) is 0.700. The van der Waals surface area contributed by atoms with Crippen LogP contribution < -0.4 is 11.1 Å². The molecule has 0 atom stereocenters. The molecule has 0 amide bonds. The molecular weight excluding hydrogens is 192 g/mol. The van der Waals surface area contributed by atoms with Crippen molar-refractivity contribution in [3.05, 3.63) is 5.69 Å². The van der Waals surface area contributed by atoms with E-state index in [0.717, 1.165) is 36.7 Å². The van der Waals surface area contributed by atoms with E-state index in [9.17, 15) is 0 Å². The summed E-state index contributed by atoms with van der Waals surface area (Å²) >= 11 is 0. The number of rotatable bonds is 6. The molecule has 1 aromatic heterocycles. The van der Waals surface area contributed by atoms with E-state index < -0.39 is 0 Å². The summed E-state index contributed by atoms with van der Waals surface area (Å²) in [6.07, 6.45) is 1.04. The number of nitrogen functional groups attached to an aromatic ring is 1. The normalized spacial score (nSPS) is 10.6. The standard InChI is InChI=1S/C10H20N4O/c1-4-6-14-10(12-5-7-15-3)9(11)8(2)13-14/h12H,4-7,11H2,1-3H3. The summed E-state index contributed by atoms with van der Waals surface area (Å²) in [5, 5.41) is 7.61. The van der Waals surface area contributed by atoms with Crippen molar-refractivity contribution in [3.8, 4) is 0 Å². The predicted molar refractivity (Wildman–Crippen MR) is 62.0 cm³/mol. The molecule has 0 radical (unpaired) electrons. The maximum Gasteiger partial charge on any atom is 0.148 e. The molecule has 86 valence electrons. The first-order valence-electron chi connectivity index (χ1n) is 5.26. The largest absolute Gasteiger partial charge is 0.394 e. The van der Waals surface area contributed by atoms with Crippen LogP contribution in [0, 0.1) is 6.92 Å². The molecule has 0 aliphatic rings. The SMILES string of the molecule is CCCn1nc(C)c(N)c1NCCOC. The molecule has 0 bridgehead atoms. The van der Waals surface area contributed by atoms with Crippen molar-refractivity contribution in [2.45, 2.75) is 26.8 Å². The highest BCUT2D eigenvalue weighted by Gasteiger charge is 2.10. The first-order valence-corrected chi connectivity index (χ1v) is 5.26. The van der Waals surface area contributed by atoms with Crippen LogP contribution in [0.2, 0.25) is 0 Å². The molecule has 0 saturated heterocycles. The number of aromatic nitrogens is 2. The van der Waals surface area contributed by atoms with E-state index >= 15 is 0 Å². The molecule has 1 aromatic rings. The van der Waals surface area contributed by atoms with Gasteiger partial charge < -0.3 is 15.8 Å². The van der Waals surface area contributed by atoms with Crippen molar-refractivity contribution in [3.63, 3.8) is 0 Å². The smallest absolute Gasteiger partial charge is 0.148 e. The van der Waals surface area contributed by atoms with Gasteiger partial charge in [-0.2, -0.15) is 5.10 Å². The minimum absolute atomic E-state index is 0.662. The fourth-order valence-corrected chi connectivity index (χ4v) is 1.43. The molecule has 0 aromatic carbocycles. The summed E-state index contributed by atoms with van der Waals surface area (Å²) in [4.78, 5) is 0. The van der Waals surface area contributed by atoms with E-state index in [-0.39, 0.29) is 0 Å². The maximum absolute atomic E-state index is 5.93. The van der Waals surface area contributed by atoms with Gasteiger partial charge in [0.05, 0.1) is 18.0 Å². The Balaban J connectivity index is 2.73. The predicted octanol–water partition coefficient (Wildman–Crippen LogP) is 1.24. The van der Waals surface area contributed by atoms with Crippen LogP contribution in [-0.4, -0.2) is 30.0 Å². The van der Waals surface area contributed by atoms with E-state index in [1.807, 2.05) is 11.6 Å². The fourth-order valence-electron chi connectivity index (χ4n) is 1.43. The Labute approximate surface area is 90.6 Å². The molecule has 3 N–H and O–H groups in total. The van der Waals surface area contributed by atoms with Gasteiger partial charge in [-0.1, -0.05) is 6.92 Å². The molecule has 5 nitrogen and oxygen atoms in total. The minimum Gasteiger partial charge on any atom is -0.394 e. The average molecular weight is 212 g/mol. The van der Waals surface area contributed by atoms with Crippen LogP contribution >= 0.6 is 0 Å². The molecule has 0 unspecified atom stereocenters. The zero-order chi connectivity index (χ0) is 11.3. The molecule has 0 fully saturated rings. The highest BCUT2D eigenvalue weighted by molar-refractivity contribution is 5.64. The van der Waals surface area contributed by atoms with E-state index in [1.54, 1.807) is 7.11 Å². The lowest BCUT2D eigenvalue weighted by atomic mass is 10.4. The van der Waals surface area contributed by atoms with E-state index in [4.69, 9.17) is 10.5 Å². The van der Waals surface area contributed by atoms with E-state index in [0.29, 0.717) is 6.61 Å². The number of anilines is 2. The van der Waals surface area contributed by atoms with Gasteiger partial charge in [-0.15, -0.1) is 0 Å². The van der Waals surface area contributed by atoms with Gasteiger partial charge in [0.15, 0.2) is 0 Å². The second-order valence-electron chi connectivity index (χ2n) is 3.49. The Morgan fingerprint density at radius 1 is 1.53 bits per heavy atom. The molecule has 0 aliphatic carbocycles. The van der Waals surface area contributed by atoms with Gasteiger partial charge in [-0.3, -0.25) is 0 Å². The molecule has 5 heteroatoms. The van der Waals surface area contributed by atoms with Crippen LogP contribution in [-0.2, 0) is 11.3 Å². The second-order valence-corrected chi connectivity index (χ2v) is 3.49. The van der Waals surface area contributed by atoms with Crippen LogP contribution in [0.15, 0.2) is 0 Å². The first kappa shape index (κ1) is 11.8. The zero-order valence-corrected chi connectivity index (χ0v) is 9.71. The van der Waals surface area contributed by atoms with Gasteiger partial charge in [-0.05, 0) is 13.3 Å². The number of nitrogens with one attached hydrogen (secondary N) is 1. The Bertz CT molecular complexity index is 309. The Kier molecular flexibility index (Phi) is 4.42. The summed E-state index contributed by atoms with van der Waals surface area (Å²) in [5.41, 5.74) is 7.54. The quantitative estimate of drug-likeness (QED) is 0.696. The van der Waals surface area contributed by atoms with Crippen LogP contribution in [0.3, 0.4) is 0 Å². The number of ether oxygens (including phenoxy) is 1. The third-order valence-corrected chi connectivity index (χ3v) is 2.21. The summed E-state index contributed by atoms with van der Waals surface area (Å²) in [6, 6.07) is 0. The number of aryl methyl sites for hydroxylation is 2. The zero-order valence-electron chi connectivity index (χ0n) is 9.71. The lowest BCUT2D eigenvalue weighted by Gasteiger charge is -2.09. The molecule has 0 saturated carbocycles. The van der Waals surface area contributed by atoms with Crippen molar-refractivity contribution in [2.24, 2.45) is 0 Å². The van der Waals surface area contributed by atoms with Crippen LogP contribution in [0.4, 0.5) is 11.5 Å². The van der Waals surface area contributed by atoms with Gasteiger partial charge in [0, 0.05) is 20.2 Å². The topological polar surface area (TPSA) is 65.1 Å². The van der Waals surface area contributed by atoms with E-state index in [1.165, 1.54) is 0 Å². The lowest BCUT2D eigenvalue weighted by molar-refractivity contribution is 0.210. The Morgan fingerprint density at radius 3 is 2.87 bits per heavy atom.